The fraction of sp³-hybridized carbons (Fsp3) is 0.0870. The number of halogens is 1. The number of benzene rings is 3. The molecule has 8 heteroatoms. The number of anilines is 3. The van der Waals surface area contributed by atoms with Crippen molar-refractivity contribution in [1.82, 2.24) is 0 Å². The van der Waals surface area contributed by atoms with Gasteiger partial charge in [-0.2, -0.15) is 0 Å². The van der Waals surface area contributed by atoms with E-state index in [9.17, 15) is 19.5 Å². The number of rotatable bonds is 8. The van der Waals surface area contributed by atoms with Crippen molar-refractivity contribution in [2.24, 2.45) is 0 Å². The zero-order valence-electron chi connectivity index (χ0n) is 16.3. The molecule has 0 aliphatic heterocycles. The molecule has 0 saturated carbocycles. The Morgan fingerprint density at radius 1 is 0.871 bits per heavy atom. The van der Waals surface area contributed by atoms with Crippen molar-refractivity contribution in [2.45, 2.75) is 0 Å². The summed E-state index contributed by atoms with van der Waals surface area (Å²) in [5.74, 6) is -2.18. The van der Waals surface area contributed by atoms with E-state index in [0.29, 0.717) is 11.4 Å². The number of carboxylic acid groups (broad SMARTS) is 1. The number of hydrogen-bond acceptors (Lipinski definition) is 4. The van der Waals surface area contributed by atoms with Crippen LogP contribution in [0.2, 0.25) is 5.02 Å². The maximum absolute atomic E-state index is 12.8. The van der Waals surface area contributed by atoms with E-state index in [1.807, 2.05) is 36.4 Å². The molecular weight excluding hydrogens is 420 g/mol. The van der Waals surface area contributed by atoms with Gasteiger partial charge in [-0.1, -0.05) is 48.0 Å². The van der Waals surface area contributed by atoms with E-state index in [4.69, 9.17) is 16.3 Å². The maximum Gasteiger partial charge on any atom is 0.337 e. The number of carbonyl (C=O) groups excluding carboxylic acids is 2. The van der Waals surface area contributed by atoms with Crippen LogP contribution in [0.3, 0.4) is 0 Å². The number of amides is 2. The van der Waals surface area contributed by atoms with E-state index in [1.165, 1.54) is 23.1 Å². The van der Waals surface area contributed by atoms with Crippen molar-refractivity contribution >= 4 is 46.4 Å². The summed E-state index contributed by atoms with van der Waals surface area (Å²) in [5, 5.41) is 11.9. The molecule has 0 atom stereocenters. The summed E-state index contributed by atoms with van der Waals surface area (Å²) >= 11 is 5.80. The molecule has 0 fully saturated rings. The van der Waals surface area contributed by atoms with E-state index < -0.39 is 18.5 Å². The maximum atomic E-state index is 12.8. The Morgan fingerprint density at radius 3 is 2.00 bits per heavy atom. The summed E-state index contributed by atoms with van der Waals surface area (Å²) in [4.78, 5) is 37.8. The molecule has 2 amide bonds. The van der Waals surface area contributed by atoms with Crippen molar-refractivity contribution in [1.29, 1.82) is 0 Å². The second kappa shape index (κ2) is 10.4. The number of carboxylic acids is 1. The molecule has 31 heavy (non-hydrogen) atoms. The molecule has 0 spiro atoms. The van der Waals surface area contributed by atoms with Gasteiger partial charge in [-0.15, -0.1) is 0 Å². The molecule has 7 nitrogen and oxygen atoms in total. The number of para-hydroxylation sites is 2. The molecule has 0 radical (unpaired) electrons. The second-order valence-corrected chi connectivity index (χ2v) is 6.87. The predicted octanol–water partition coefficient (Wildman–Crippen LogP) is 4.36. The first kappa shape index (κ1) is 22.0. The van der Waals surface area contributed by atoms with Crippen LogP contribution in [0.4, 0.5) is 17.1 Å². The summed E-state index contributed by atoms with van der Waals surface area (Å²) in [6, 6.07) is 22.2. The highest BCUT2D eigenvalue weighted by atomic mass is 35.5. The minimum atomic E-state index is -1.23. The molecule has 0 saturated heterocycles. The molecule has 3 aromatic rings. The fourth-order valence-electron chi connectivity index (χ4n) is 2.88. The van der Waals surface area contributed by atoms with Gasteiger partial charge in [0.05, 0.1) is 11.3 Å². The fourth-order valence-corrected chi connectivity index (χ4v) is 3.05. The van der Waals surface area contributed by atoms with Gasteiger partial charge >= 0.3 is 5.97 Å². The number of ether oxygens (including phenoxy) is 1. The molecule has 158 valence electrons. The van der Waals surface area contributed by atoms with Gasteiger partial charge < -0.3 is 15.2 Å². The summed E-state index contributed by atoms with van der Waals surface area (Å²) in [5.41, 5.74) is 1.28. The predicted molar refractivity (Wildman–Crippen MR) is 118 cm³/mol. The van der Waals surface area contributed by atoms with Crippen LogP contribution in [0.15, 0.2) is 78.9 Å². The lowest BCUT2D eigenvalue weighted by Gasteiger charge is -2.23. The quantitative estimate of drug-likeness (QED) is 0.544. The first-order valence-corrected chi connectivity index (χ1v) is 9.67. The highest BCUT2D eigenvalue weighted by molar-refractivity contribution is 6.31. The Hall–Kier alpha value is -3.68. The van der Waals surface area contributed by atoms with E-state index in [-0.39, 0.29) is 28.8 Å². The minimum absolute atomic E-state index is 0.0898. The number of nitrogens with zero attached hydrogens (tertiary/aromatic N) is 1. The average Bonchev–Trinajstić information content (AvgIpc) is 2.76. The lowest BCUT2D eigenvalue weighted by molar-refractivity contribution is -0.126. The molecule has 0 aliphatic rings. The molecule has 2 N–H and O–H groups in total. The highest BCUT2D eigenvalue weighted by Crippen LogP contribution is 2.25. The highest BCUT2D eigenvalue weighted by Gasteiger charge is 2.19. The van der Waals surface area contributed by atoms with Gasteiger partial charge in [0, 0.05) is 16.4 Å². The van der Waals surface area contributed by atoms with E-state index in [2.05, 4.69) is 5.32 Å². The number of nitrogens with one attached hydrogen (secondary N) is 1. The van der Waals surface area contributed by atoms with Crippen LogP contribution in [-0.4, -0.2) is 36.1 Å². The molecule has 0 bridgehead atoms. The van der Waals surface area contributed by atoms with E-state index >= 15 is 0 Å². The number of aromatic carboxylic acids is 1. The van der Waals surface area contributed by atoms with Crippen molar-refractivity contribution in [3.63, 3.8) is 0 Å². The van der Waals surface area contributed by atoms with Gasteiger partial charge in [0.2, 0.25) is 5.91 Å². The first-order valence-electron chi connectivity index (χ1n) is 9.29. The van der Waals surface area contributed by atoms with E-state index in [0.717, 1.165) is 0 Å². The van der Waals surface area contributed by atoms with Gasteiger partial charge in [0.15, 0.2) is 0 Å². The lowest BCUT2D eigenvalue weighted by Crippen LogP contribution is -2.31. The minimum Gasteiger partial charge on any atom is -0.478 e. The zero-order chi connectivity index (χ0) is 22.2. The topological polar surface area (TPSA) is 95.9 Å². The Kier molecular flexibility index (Phi) is 7.37. The molecule has 0 heterocycles. The normalized spacial score (nSPS) is 10.4. The van der Waals surface area contributed by atoms with Gasteiger partial charge in [0.25, 0.3) is 5.91 Å². The monoisotopic (exact) mass is 438 g/mol. The van der Waals surface area contributed by atoms with Crippen LogP contribution < -0.4 is 10.2 Å². The Bertz CT molecular complexity index is 1030. The van der Waals surface area contributed by atoms with Crippen molar-refractivity contribution < 1.29 is 24.2 Å². The Morgan fingerprint density at radius 2 is 1.45 bits per heavy atom. The molecular formula is C23H19ClN2O5. The molecule has 3 aromatic carbocycles. The third-order valence-electron chi connectivity index (χ3n) is 4.22. The summed E-state index contributed by atoms with van der Waals surface area (Å²) in [7, 11) is 0. The van der Waals surface area contributed by atoms with Gasteiger partial charge in [-0.3, -0.25) is 14.5 Å². The van der Waals surface area contributed by atoms with Gasteiger partial charge in [-0.25, -0.2) is 4.79 Å². The number of carbonyl (C=O) groups is 3. The van der Waals surface area contributed by atoms with Crippen LogP contribution in [0.25, 0.3) is 0 Å². The number of hydrogen-bond donors (Lipinski definition) is 2. The van der Waals surface area contributed by atoms with Gasteiger partial charge in [-0.05, 0) is 42.5 Å². The Balaban J connectivity index is 1.63. The summed E-state index contributed by atoms with van der Waals surface area (Å²) in [6.45, 7) is -0.769. The van der Waals surface area contributed by atoms with Gasteiger partial charge in [0.1, 0.15) is 13.2 Å². The van der Waals surface area contributed by atoms with Crippen LogP contribution in [0.1, 0.15) is 10.4 Å². The van der Waals surface area contributed by atoms with Crippen LogP contribution in [0.5, 0.6) is 0 Å². The summed E-state index contributed by atoms with van der Waals surface area (Å²) < 4.78 is 5.30. The second-order valence-electron chi connectivity index (χ2n) is 6.44. The van der Waals surface area contributed by atoms with Crippen molar-refractivity contribution in [3.05, 3.63) is 89.4 Å². The molecule has 0 unspecified atom stereocenters. The summed E-state index contributed by atoms with van der Waals surface area (Å²) in [6.07, 6.45) is 0. The zero-order valence-corrected chi connectivity index (χ0v) is 17.1. The lowest BCUT2D eigenvalue weighted by atomic mass is 10.2. The van der Waals surface area contributed by atoms with E-state index in [1.54, 1.807) is 24.3 Å². The molecule has 0 aliphatic carbocycles. The molecule has 3 rings (SSSR count). The first-order chi connectivity index (χ1) is 15.0. The molecule has 0 aromatic heterocycles. The third kappa shape index (κ3) is 5.91. The third-order valence-corrected chi connectivity index (χ3v) is 4.46. The SMILES string of the molecule is O=C(COCC(=O)N(c1ccccc1)c1ccccc1)Nc1ccc(Cl)cc1C(=O)O. The van der Waals surface area contributed by atoms with Crippen molar-refractivity contribution in [3.8, 4) is 0 Å². The average molecular weight is 439 g/mol. The smallest absolute Gasteiger partial charge is 0.337 e. The largest absolute Gasteiger partial charge is 0.478 e. The van der Waals surface area contributed by atoms with Crippen LogP contribution in [0, 0.1) is 0 Å². The van der Waals surface area contributed by atoms with Crippen LogP contribution >= 0.6 is 11.6 Å². The van der Waals surface area contributed by atoms with Crippen LogP contribution in [-0.2, 0) is 14.3 Å². The Labute approximate surface area is 183 Å². The standard InChI is InChI=1S/C23H19ClN2O5/c24-16-11-12-20(19(13-16)23(29)30)25-21(27)14-31-15-22(28)26(17-7-3-1-4-8-17)18-9-5-2-6-10-18/h1-13H,14-15H2,(H,25,27)(H,29,30). The van der Waals surface area contributed by atoms with Crippen molar-refractivity contribution in [2.75, 3.05) is 23.4 Å².